The molecule has 0 aromatic heterocycles. The van der Waals surface area contributed by atoms with Crippen molar-refractivity contribution < 1.29 is 4.74 Å². The Morgan fingerprint density at radius 2 is 1.84 bits per heavy atom. The first-order chi connectivity index (χ1) is 9.10. The minimum Gasteiger partial charge on any atom is -0.457 e. The second kappa shape index (κ2) is 6.46. The summed E-state index contributed by atoms with van der Waals surface area (Å²) < 4.78 is 6.92. The van der Waals surface area contributed by atoms with Crippen molar-refractivity contribution in [1.82, 2.24) is 0 Å². The molecular weight excluding hydrogens is 322 g/mol. The first-order valence-corrected chi connectivity index (χ1v) is 7.99. The number of benzene rings is 2. The Morgan fingerprint density at radius 1 is 1.16 bits per heavy atom. The van der Waals surface area contributed by atoms with Crippen LogP contribution in [0.4, 0.5) is 0 Å². The van der Waals surface area contributed by atoms with E-state index in [1.54, 1.807) is 11.8 Å². The summed E-state index contributed by atoms with van der Waals surface area (Å²) in [5.74, 6) is 1.62. The molecular formula is C15H16BrNOS. The van der Waals surface area contributed by atoms with Crippen LogP contribution in [0.2, 0.25) is 0 Å². The van der Waals surface area contributed by atoms with Gasteiger partial charge < -0.3 is 10.5 Å². The van der Waals surface area contributed by atoms with E-state index in [0.717, 1.165) is 21.5 Å². The SMILES string of the molecule is CSc1ccc(Oc2ccc(Br)cc2C(C)N)cc1. The lowest BCUT2D eigenvalue weighted by Gasteiger charge is -2.14. The van der Waals surface area contributed by atoms with Crippen molar-refractivity contribution in [2.75, 3.05) is 6.26 Å². The topological polar surface area (TPSA) is 35.2 Å². The number of halogens is 1. The summed E-state index contributed by atoms with van der Waals surface area (Å²) in [6, 6.07) is 13.9. The molecule has 19 heavy (non-hydrogen) atoms. The van der Waals surface area contributed by atoms with Gasteiger partial charge in [0.2, 0.25) is 0 Å². The monoisotopic (exact) mass is 337 g/mol. The van der Waals surface area contributed by atoms with E-state index in [4.69, 9.17) is 10.5 Å². The summed E-state index contributed by atoms with van der Waals surface area (Å²) in [4.78, 5) is 1.22. The molecule has 1 atom stereocenters. The first kappa shape index (κ1) is 14.4. The third-order valence-electron chi connectivity index (χ3n) is 2.75. The molecule has 4 heteroatoms. The second-order valence-corrected chi connectivity index (χ2v) is 6.04. The van der Waals surface area contributed by atoms with Gasteiger partial charge in [0, 0.05) is 21.0 Å². The Hall–Kier alpha value is -0.970. The van der Waals surface area contributed by atoms with Gasteiger partial charge in [0.1, 0.15) is 11.5 Å². The standard InChI is InChI=1S/C15H16BrNOS/c1-10(17)14-9-11(16)3-8-15(14)18-12-4-6-13(19-2)7-5-12/h3-10H,17H2,1-2H3. The number of nitrogens with two attached hydrogens (primary N) is 1. The number of rotatable bonds is 4. The molecule has 0 amide bonds. The van der Waals surface area contributed by atoms with Gasteiger partial charge in [-0.1, -0.05) is 15.9 Å². The molecule has 0 saturated carbocycles. The molecule has 0 radical (unpaired) electrons. The third kappa shape index (κ3) is 3.75. The molecule has 1 unspecified atom stereocenters. The van der Waals surface area contributed by atoms with Gasteiger partial charge in [0.05, 0.1) is 0 Å². The van der Waals surface area contributed by atoms with Gasteiger partial charge in [0.25, 0.3) is 0 Å². The quantitative estimate of drug-likeness (QED) is 0.798. The van der Waals surface area contributed by atoms with E-state index in [9.17, 15) is 0 Å². The summed E-state index contributed by atoms with van der Waals surface area (Å²) >= 11 is 5.17. The average Bonchev–Trinajstić information content (AvgIpc) is 2.41. The van der Waals surface area contributed by atoms with E-state index in [0.29, 0.717) is 0 Å². The lowest BCUT2D eigenvalue weighted by atomic mass is 10.1. The number of thioether (sulfide) groups is 1. The van der Waals surface area contributed by atoms with Crippen LogP contribution in [0.15, 0.2) is 51.8 Å². The molecule has 2 aromatic carbocycles. The van der Waals surface area contributed by atoms with Crippen LogP contribution in [-0.2, 0) is 0 Å². The maximum atomic E-state index is 5.98. The lowest BCUT2D eigenvalue weighted by molar-refractivity contribution is 0.471. The molecule has 2 nitrogen and oxygen atoms in total. The van der Waals surface area contributed by atoms with Crippen molar-refractivity contribution in [2.45, 2.75) is 17.9 Å². The van der Waals surface area contributed by atoms with Crippen molar-refractivity contribution >= 4 is 27.7 Å². The van der Waals surface area contributed by atoms with Crippen LogP contribution in [0.3, 0.4) is 0 Å². The molecule has 2 rings (SSSR count). The van der Waals surface area contributed by atoms with Crippen LogP contribution in [0.25, 0.3) is 0 Å². The van der Waals surface area contributed by atoms with Crippen LogP contribution in [0.5, 0.6) is 11.5 Å². The van der Waals surface area contributed by atoms with Crippen molar-refractivity contribution in [2.24, 2.45) is 5.73 Å². The molecule has 0 saturated heterocycles. The highest BCUT2D eigenvalue weighted by molar-refractivity contribution is 9.10. The van der Waals surface area contributed by atoms with Gasteiger partial charge in [-0.05, 0) is 55.6 Å². The molecule has 0 aliphatic carbocycles. The van der Waals surface area contributed by atoms with Gasteiger partial charge in [-0.3, -0.25) is 0 Å². The van der Waals surface area contributed by atoms with E-state index in [2.05, 4.69) is 22.2 Å². The Labute approximate surface area is 126 Å². The maximum absolute atomic E-state index is 5.98. The van der Waals surface area contributed by atoms with E-state index >= 15 is 0 Å². The maximum Gasteiger partial charge on any atom is 0.132 e. The fourth-order valence-electron chi connectivity index (χ4n) is 1.74. The Bertz CT molecular complexity index is 555. The van der Waals surface area contributed by atoms with E-state index in [1.165, 1.54) is 4.90 Å². The molecule has 0 aliphatic heterocycles. The summed E-state index contributed by atoms with van der Waals surface area (Å²) in [7, 11) is 0. The van der Waals surface area contributed by atoms with Crippen LogP contribution in [0, 0.1) is 0 Å². The van der Waals surface area contributed by atoms with Gasteiger partial charge >= 0.3 is 0 Å². The van der Waals surface area contributed by atoms with E-state index < -0.39 is 0 Å². The minimum absolute atomic E-state index is 0.0713. The second-order valence-electron chi connectivity index (χ2n) is 4.25. The summed E-state index contributed by atoms with van der Waals surface area (Å²) in [6.07, 6.45) is 2.05. The van der Waals surface area contributed by atoms with Crippen LogP contribution in [0.1, 0.15) is 18.5 Å². The van der Waals surface area contributed by atoms with Gasteiger partial charge in [-0.15, -0.1) is 11.8 Å². The van der Waals surface area contributed by atoms with Crippen LogP contribution >= 0.6 is 27.7 Å². The van der Waals surface area contributed by atoms with E-state index in [1.807, 2.05) is 49.4 Å². The predicted molar refractivity (Wildman–Crippen MR) is 85.0 cm³/mol. The zero-order chi connectivity index (χ0) is 13.8. The molecule has 0 heterocycles. The zero-order valence-electron chi connectivity index (χ0n) is 10.9. The van der Waals surface area contributed by atoms with Gasteiger partial charge in [-0.25, -0.2) is 0 Å². The van der Waals surface area contributed by atoms with Crippen LogP contribution < -0.4 is 10.5 Å². The van der Waals surface area contributed by atoms with Gasteiger partial charge in [-0.2, -0.15) is 0 Å². The fraction of sp³-hybridized carbons (Fsp3) is 0.200. The highest BCUT2D eigenvalue weighted by atomic mass is 79.9. The molecule has 100 valence electrons. The van der Waals surface area contributed by atoms with Crippen molar-refractivity contribution in [1.29, 1.82) is 0 Å². The van der Waals surface area contributed by atoms with Crippen molar-refractivity contribution in [3.63, 3.8) is 0 Å². The summed E-state index contributed by atoms with van der Waals surface area (Å²) in [5.41, 5.74) is 6.97. The molecule has 2 aromatic rings. The molecule has 0 spiro atoms. The fourth-order valence-corrected chi connectivity index (χ4v) is 2.53. The number of hydrogen-bond donors (Lipinski definition) is 1. The first-order valence-electron chi connectivity index (χ1n) is 5.97. The molecule has 0 aliphatic rings. The number of hydrogen-bond acceptors (Lipinski definition) is 3. The zero-order valence-corrected chi connectivity index (χ0v) is 13.3. The highest BCUT2D eigenvalue weighted by Crippen LogP contribution is 2.31. The molecule has 0 bridgehead atoms. The molecule has 2 N–H and O–H groups in total. The van der Waals surface area contributed by atoms with Crippen molar-refractivity contribution in [3.8, 4) is 11.5 Å². The smallest absolute Gasteiger partial charge is 0.132 e. The lowest BCUT2D eigenvalue weighted by Crippen LogP contribution is -2.06. The molecule has 0 fully saturated rings. The van der Waals surface area contributed by atoms with Crippen molar-refractivity contribution in [3.05, 3.63) is 52.5 Å². The Kier molecular flexibility index (Phi) is 4.91. The average molecular weight is 338 g/mol. The summed E-state index contributed by atoms with van der Waals surface area (Å²) in [5, 5.41) is 0. The van der Waals surface area contributed by atoms with Gasteiger partial charge in [0.15, 0.2) is 0 Å². The third-order valence-corrected chi connectivity index (χ3v) is 3.99. The van der Waals surface area contributed by atoms with E-state index in [-0.39, 0.29) is 6.04 Å². The normalized spacial score (nSPS) is 12.2. The Balaban J connectivity index is 2.26. The minimum atomic E-state index is -0.0713. The summed E-state index contributed by atoms with van der Waals surface area (Å²) in [6.45, 7) is 1.95. The van der Waals surface area contributed by atoms with Crippen LogP contribution in [-0.4, -0.2) is 6.26 Å². The number of ether oxygens (including phenoxy) is 1. The largest absolute Gasteiger partial charge is 0.457 e. The Morgan fingerprint density at radius 3 is 2.42 bits per heavy atom. The highest BCUT2D eigenvalue weighted by Gasteiger charge is 2.09. The predicted octanol–water partition coefficient (Wildman–Crippen LogP) is 4.98.